The number of anilines is 1. The van der Waals surface area contributed by atoms with Crippen LogP contribution in [0.3, 0.4) is 0 Å². The Balaban J connectivity index is 1.61. The molecule has 154 valence electrons. The molecule has 2 N–H and O–H groups in total. The molecule has 0 aliphatic carbocycles. The summed E-state index contributed by atoms with van der Waals surface area (Å²) in [6.07, 6.45) is 1.53. The van der Waals surface area contributed by atoms with Gasteiger partial charge in [0, 0.05) is 11.4 Å². The molecule has 1 amide bonds. The smallest absolute Gasteiger partial charge is 0.239 e. The van der Waals surface area contributed by atoms with Crippen LogP contribution in [0.1, 0.15) is 22.0 Å². The molecule has 8 heteroatoms. The molecule has 2 heterocycles. The van der Waals surface area contributed by atoms with Gasteiger partial charge in [-0.3, -0.25) is 4.79 Å². The number of likely N-dealkylation sites (N-methyl/N-ethyl adjacent to an activating group) is 1. The van der Waals surface area contributed by atoms with Crippen molar-refractivity contribution in [3.8, 4) is 5.75 Å². The van der Waals surface area contributed by atoms with E-state index in [1.165, 1.54) is 11.2 Å². The predicted octanol–water partition coefficient (Wildman–Crippen LogP) is 3.15. The number of hydrogen-bond donors (Lipinski definition) is 2. The number of hydrogen-bond acceptors (Lipinski definition) is 7. The quantitative estimate of drug-likeness (QED) is 0.591. The molecule has 0 aliphatic rings. The fourth-order valence-electron chi connectivity index (χ4n) is 3.18. The van der Waals surface area contributed by atoms with Crippen molar-refractivity contribution in [2.45, 2.75) is 19.9 Å². The van der Waals surface area contributed by atoms with Gasteiger partial charge in [-0.15, -0.1) is 11.3 Å². The van der Waals surface area contributed by atoms with E-state index < -0.39 is 0 Å². The first kappa shape index (κ1) is 21.0. The molecule has 0 spiro atoms. The predicted molar refractivity (Wildman–Crippen MR) is 118 cm³/mol. The van der Waals surface area contributed by atoms with Gasteiger partial charge in [-0.25, -0.2) is 9.97 Å². The third kappa shape index (κ3) is 4.83. The Morgan fingerprint density at radius 1 is 1.21 bits per heavy atom. The molecule has 0 saturated carbocycles. The highest BCUT2D eigenvalue weighted by molar-refractivity contribution is 7.18. The van der Waals surface area contributed by atoms with Gasteiger partial charge in [0.1, 0.15) is 22.7 Å². The molecule has 1 aromatic carbocycles. The largest absolute Gasteiger partial charge is 0.497 e. The minimum Gasteiger partial charge on any atom is -0.497 e. The van der Waals surface area contributed by atoms with Crippen LogP contribution in [0.4, 0.5) is 5.82 Å². The van der Waals surface area contributed by atoms with Crippen molar-refractivity contribution in [3.05, 3.63) is 46.6 Å². The molecule has 0 aliphatic heterocycles. The summed E-state index contributed by atoms with van der Waals surface area (Å²) in [7, 11) is 5.65. The van der Waals surface area contributed by atoms with E-state index in [1.54, 1.807) is 18.4 Å². The highest BCUT2D eigenvalue weighted by Crippen LogP contribution is 2.32. The molecule has 3 aromatic rings. The van der Waals surface area contributed by atoms with Gasteiger partial charge >= 0.3 is 0 Å². The fourth-order valence-corrected chi connectivity index (χ4v) is 4.17. The third-order valence-electron chi connectivity index (χ3n) is 5.00. The Bertz CT molecular complexity index is 985. The first-order valence-corrected chi connectivity index (χ1v) is 10.2. The van der Waals surface area contributed by atoms with Crippen LogP contribution in [0, 0.1) is 13.8 Å². The van der Waals surface area contributed by atoms with E-state index in [-0.39, 0.29) is 18.5 Å². The number of carbonyl (C=O) groups excluding carboxylic acids is 1. The Kier molecular flexibility index (Phi) is 6.66. The number of rotatable bonds is 8. The van der Waals surface area contributed by atoms with Crippen LogP contribution >= 0.6 is 11.3 Å². The van der Waals surface area contributed by atoms with E-state index in [1.807, 2.05) is 38.4 Å². The number of aromatic nitrogens is 2. The third-order valence-corrected chi connectivity index (χ3v) is 6.11. The summed E-state index contributed by atoms with van der Waals surface area (Å²) < 4.78 is 5.22. The van der Waals surface area contributed by atoms with Crippen molar-refractivity contribution in [1.82, 2.24) is 20.2 Å². The SMILES string of the molecule is COc1ccc(C(CNC(=O)CNc2ncnc3sc(C)c(C)c23)N(C)C)cc1. The molecule has 1 atom stereocenters. The average molecular weight is 414 g/mol. The van der Waals surface area contributed by atoms with Gasteiger partial charge in [0.25, 0.3) is 0 Å². The summed E-state index contributed by atoms with van der Waals surface area (Å²) in [4.78, 5) is 25.3. The first-order valence-electron chi connectivity index (χ1n) is 9.42. The van der Waals surface area contributed by atoms with Crippen molar-refractivity contribution in [1.29, 1.82) is 0 Å². The molecule has 0 radical (unpaired) electrons. The second-order valence-corrected chi connectivity index (χ2v) is 8.30. The summed E-state index contributed by atoms with van der Waals surface area (Å²) in [6, 6.07) is 7.97. The van der Waals surface area contributed by atoms with Crippen LogP contribution in [0.25, 0.3) is 10.2 Å². The fraction of sp³-hybridized carbons (Fsp3) is 0.381. The van der Waals surface area contributed by atoms with Gasteiger partial charge in [-0.2, -0.15) is 0 Å². The lowest BCUT2D eigenvalue weighted by molar-refractivity contribution is -0.119. The van der Waals surface area contributed by atoms with Crippen molar-refractivity contribution >= 4 is 33.3 Å². The van der Waals surface area contributed by atoms with Crippen molar-refractivity contribution < 1.29 is 9.53 Å². The number of fused-ring (bicyclic) bond motifs is 1. The van der Waals surface area contributed by atoms with Crippen molar-refractivity contribution in [2.75, 3.05) is 39.6 Å². The van der Waals surface area contributed by atoms with E-state index in [2.05, 4.69) is 39.3 Å². The molecule has 3 rings (SSSR count). The zero-order valence-corrected chi connectivity index (χ0v) is 18.3. The van der Waals surface area contributed by atoms with Crippen LogP contribution in [0.5, 0.6) is 5.75 Å². The molecule has 0 bridgehead atoms. The highest BCUT2D eigenvalue weighted by Gasteiger charge is 2.16. The monoisotopic (exact) mass is 413 g/mol. The van der Waals surface area contributed by atoms with E-state index in [0.29, 0.717) is 12.4 Å². The van der Waals surface area contributed by atoms with Gasteiger partial charge < -0.3 is 20.3 Å². The molecule has 2 aromatic heterocycles. The lowest BCUT2D eigenvalue weighted by Crippen LogP contribution is -2.37. The number of ether oxygens (including phenoxy) is 1. The minimum absolute atomic E-state index is 0.0670. The number of methoxy groups -OCH3 is 1. The maximum Gasteiger partial charge on any atom is 0.239 e. The lowest BCUT2D eigenvalue weighted by atomic mass is 10.1. The van der Waals surface area contributed by atoms with Crippen LogP contribution in [-0.4, -0.2) is 55.1 Å². The van der Waals surface area contributed by atoms with Crippen LogP contribution in [-0.2, 0) is 4.79 Å². The number of amides is 1. The van der Waals surface area contributed by atoms with Crippen LogP contribution in [0.2, 0.25) is 0 Å². The van der Waals surface area contributed by atoms with E-state index >= 15 is 0 Å². The number of nitrogens with one attached hydrogen (secondary N) is 2. The van der Waals surface area contributed by atoms with Gasteiger partial charge in [0.15, 0.2) is 0 Å². The molecular formula is C21H27N5O2S. The Hall–Kier alpha value is -2.71. The number of benzene rings is 1. The Labute approximate surface area is 175 Å². The zero-order valence-electron chi connectivity index (χ0n) is 17.4. The minimum atomic E-state index is -0.0817. The number of carbonyl (C=O) groups is 1. The molecule has 0 saturated heterocycles. The van der Waals surface area contributed by atoms with Gasteiger partial charge in [0.2, 0.25) is 5.91 Å². The van der Waals surface area contributed by atoms with Gasteiger partial charge in [-0.1, -0.05) is 12.1 Å². The van der Waals surface area contributed by atoms with Gasteiger partial charge in [-0.05, 0) is 51.2 Å². The standard InChI is InChI=1S/C21H27N5O2S/c1-13-14(2)29-21-19(13)20(24-12-25-21)23-11-18(27)22-10-17(26(3)4)15-6-8-16(28-5)9-7-15/h6-9,12,17H,10-11H2,1-5H3,(H,22,27)(H,23,24,25). The summed E-state index contributed by atoms with van der Waals surface area (Å²) in [5.74, 6) is 1.43. The first-order chi connectivity index (χ1) is 13.9. The van der Waals surface area contributed by atoms with Crippen molar-refractivity contribution in [3.63, 3.8) is 0 Å². The Morgan fingerprint density at radius 2 is 1.93 bits per heavy atom. The summed E-state index contributed by atoms with van der Waals surface area (Å²) in [5.41, 5.74) is 2.27. The maximum atomic E-state index is 12.4. The highest BCUT2D eigenvalue weighted by atomic mass is 32.1. The number of thiophene rings is 1. The summed E-state index contributed by atoms with van der Waals surface area (Å²) >= 11 is 1.64. The summed E-state index contributed by atoms with van der Waals surface area (Å²) in [5, 5.41) is 7.17. The normalized spacial score (nSPS) is 12.2. The number of aryl methyl sites for hydroxylation is 2. The Morgan fingerprint density at radius 3 is 2.59 bits per heavy atom. The molecule has 0 fully saturated rings. The maximum absolute atomic E-state index is 12.4. The second-order valence-electron chi connectivity index (χ2n) is 7.10. The lowest BCUT2D eigenvalue weighted by Gasteiger charge is -2.25. The number of nitrogens with zero attached hydrogens (tertiary/aromatic N) is 3. The van der Waals surface area contributed by atoms with Crippen LogP contribution < -0.4 is 15.4 Å². The van der Waals surface area contributed by atoms with E-state index in [4.69, 9.17) is 4.74 Å². The zero-order chi connectivity index (χ0) is 21.0. The summed E-state index contributed by atoms with van der Waals surface area (Å²) in [6.45, 7) is 4.79. The van der Waals surface area contributed by atoms with E-state index in [0.717, 1.165) is 27.1 Å². The topological polar surface area (TPSA) is 79.4 Å². The molecular weight excluding hydrogens is 386 g/mol. The second kappa shape index (κ2) is 9.19. The van der Waals surface area contributed by atoms with E-state index in [9.17, 15) is 4.79 Å². The molecule has 7 nitrogen and oxygen atoms in total. The average Bonchev–Trinajstić information content (AvgIpc) is 3.01. The van der Waals surface area contributed by atoms with Crippen molar-refractivity contribution in [2.24, 2.45) is 0 Å². The molecule has 29 heavy (non-hydrogen) atoms. The van der Waals surface area contributed by atoms with Gasteiger partial charge in [0.05, 0.1) is 25.1 Å². The molecule has 1 unspecified atom stereocenters. The van der Waals surface area contributed by atoms with Crippen LogP contribution in [0.15, 0.2) is 30.6 Å².